The molecule has 0 atom stereocenters. The number of aromatic amines is 1. The lowest BCUT2D eigenvalue weighted by Crippen LogP contribution is -2.14. The number of hydrogen-bond donors (Lipinski definition) is 3. The zero-order valence-electron chi connectivity index (χ0n) is 13.5. The highest BCUT2D eigenvalue weighted by molar-refractivity contribution is 5.94. The van der Waals surface area contributed by atoms with E-state index in [1.54, 1.807) is 24.3 Å². The van der Waals surface area contributed by atoms with Crippen molar-refractivity contribution in [2.24, 2.45) is 0 Å². The number of carbonyl (C=O) groups excluding carboxylic acids is 2. The molecule has 2 amide bonds. The SMILES string of the molecule is CC(=O)Nc1cccc(NC(=O)Cc2ccc3nc(C)[nH]c3c2)c1. The number of nitrogens with zero attached hydrogens (tertiary/aromatic N) is 1. The van der Waals surface area contributed by atoms with Gasteiger partial charge in [-0.05, 0) is 42.8 Å². The van der Waals surface area contributed by atoms with Crippen LogP contribution in [0.1, 0.15) is 18.3 Å². The Morgan fingerprint density at radius 2 is 1.83 bits per heavy atom. The minimum atomic E-state index is -0.151. The fraction of sp³-hybridized carbons (Fsp3) is 0.167. The van der Waals surface area contributed by atoms with Crippen molar-refractivity contribution < 1.29 is 9.59 Å². The molecule has 122 valence electrons. The number of imidazole rings is 1. The maximum Gasteiger partial charge on any atom is 0.228 e. The second-order valence-corrected chi connectivity index (χ2v) is 5.66. The zero-order chi connectivity index (χ0) is 17.1. The summed E-state index contributed by atoms with van der Waals surface area (Å²) in [6, 6.07) is 12.8. The van der Waals surface area contributed by atoms with Crippen molar-refractivity contribution >= 4 is 34.2 Å². The van der Waals surface area contributed by atoms with Crippen LogP contribution in [0.4, 0.5) is 11.4 Å². The van der Waals surface area contributed by atoms with Crippen molar-refractivity contribution in [1.29, 1.82) is 0 Å². The minimum absolute atomic E-state index is 0.120. The number of H-pyrrole nitrogens is 1. The molecule has 0 aliphatic heterocycles. The molecule has 1 aromatic heterocycles. The molecule has 0 spiro atoms. The summed E-state index contributed by atoms with van der Waals surface area (Å²) in [7, 11) is 0. The first-order valence-electron chi connectivity index (χ1n) is 7.62. The van der Waals surface area contributed by atoms with Crippen LogP contribution in [0.3, 0.4) is 0 Å². The number of aromatic nitrogens is 2. The number of aryl methyl sites for hydroxylation is 1. The first-order valence-corrected chi connectivity index (χ1v) is 7.62. The van der Waals surface area contributed by atoms with Crippen molar-refractivity contribution in [3.05, 3.63) is 53.9 Å². The molecule has 0 saturated heterocycles. The van der Waals surface area contributed by atoms with Gasteiger partial charge in [0.05, 0.1) is 17.5 Å². The van der Waals surface area contributed by atoms with Gasteiger partial charge in [0.2, 0.25) is 11.8 Å². The van der Waals surface area contributed by atoms with Crippen molar-refractivity contribution in [2.75, 3.05) is 10.6 Å². The molecular weight excluding hydrogens is 304 g/mol. The first-order chi connectivity index (χ1) is 11.5. The predicted molar refractivity (Wildman–Crippen MR) is 93.9 cm³/mol. The second-order valence-electron chi connectivity index (χ2n) is 5.66. The molecule has 0 unspecified atom stereocenters. The van der Waals surface area contributed by atoms with E-state index in [0.29, 0.717) is 11.4 Å². The van der Waals surface area contributed by atoms with Crippen molar-refractivity contribution in [1.82, 2.24) is 9.97 Å². The van der Waals surface area contributed by atoms with Gasteiger partial charge in [-0.3, -0.25) is 9.59 Å². The molecule has 3 aromatic rings. The predicted octanol–water partition coefficient (Wildman–Crippen LogP) is 3.01. The molecule has 24 heavy (non-hydrogen) atoms. The summed E-state index contributed by atoms with van der Waals surface area (Å²) in [6.45, 7) is 3.34. The van der Waals surface area contributed by atoms with Gasteiger partial charge < -0.3 is 15.6 Å². The maximum atomic E-state index is 12.2. The van der Waals surface area contributed by atoms with Crippen LogP contribution >= 0.6 is 0 Å². The van der Waals surface area contributed by atoms with E-state index in [1.165, 1.54) is 6.92 Å². The number of nitrogens with one attached hydrogen (secondary N) is 3. The number of anilines is 2. The molecule has 0 aliphatic rings. The Kier molecular flexibility index (Phi) is 4.29. The normalized spacial score (nSPS) is 10.6. The average Bonchev–Trinajstić information content (AvgIpc) is 2.86. The molecule has 6 nitrogen and oxygen atoms in total. The Morgan fingerprint density at radius 1 is 1.08 bits per heavy atom. The standard InChI is InChI=1S/C18H18N4O2/c1-11-19-16-7-6-13(8-17(16)20-11)9-18(24)22-15-5-3-4-14(10-15)21-12(2)23/h3-8,10H,9H2,1-2H3,(H,19,20)(H,21,23)(H,22,24). The number of benzene rings is 2. The molecule has 0 aliphatic carbocycles. The number of amides is 2. The Balaban J connectivity index is 1.69. The molecule has 3 rings (SSSR count). The Hall–Kier alpha value is -3.15. The van der Waals surface area contributed by atoms with Crippen molar-refractivity contribution in [3.63, 3.8) is 0 Å². The van der Waals surface area contributed by atoms with Gasteiger partial charge in [-0.2, -0.15) is 0 Å². The summed E-state index contributed by atoms with van der Waals surface area (Å²) >= 11 is 0. The number of rotatable bonds is 4. The lowest BCUT2D eigenvalue weighted by molar-refractivity contribution is -0.115. The highest BCUT2D eigenvalue weighted by Gasteiger charge is 2.07. The van der Waals surface area contributed by atoms with Gasteiger partial charge in [-0.15, -0.1) is 0 Å². The zero-order valence-corrected chi connectivity index (χ0v) is 13.5. The molecule has 0 fully saturated rings. The summed E-state index contributed by atoms with van der Waals surface area (Å²) < 4.78 is 0. The topological polar surface area (TPSA) is 86.9 Å². The monoisotopic (exact) mass is 322 g/mol. The van der Waals surface area contributed by atoms with Crippen molar-refractivity contribution in [3.8, 4) is 0 Å². The van der Waals surface area contributed by atoms with Gasteiger partial charge in [0.1, 0.15) is 5.82 Å². The fourth-order valence-electron chi connectivity index (χ4n) is 2.56. The highest BCUT2D eigenvalue weighted by atomic mass is 16.2. The van der Waals surface area contributed by atoms with Gasteiger partial charge in [0, 0.05) is 18.3 Å². The molecule has 6 heteroatoms. The summed E-state index contributed by atoms with van der Waals surface area (Å²) in [5.74, 6) is 0.577. The van der Waals surface area contributed by atoms with Crippen LogP contribution in [-0.4, -0.2) is 21.8 Å². The Morgan fingerprint density at radius 3 is 2.58 bits per heavy atom. The van der Waals surface area contributed by atoms with Crippen LogP contribution < -0.4 is 10.6 Å². The van der Waals surface area contributed by atoms with E-state index in [0.717, 1.165) is 22.4 Å². The Bertz CT molecular complexity index is 914. The lowest BCUT2D eigenvalue weighted by atomic mass is 10.1. The van der Waals surface area contributed by atoms with Gasteiger partial charge in [0.15, 0.2) is 0 Å². The van der Waals surface area contributed by atoms with E-state index in [1.807, 2.05) is 25.1 Å². The second kappa shape index (κ2) is 6.54. The molecule has 0 bridgehead atoms. The molecule has 2 aromatic carbocycles. The van der Waals surface area contributed by atoms with Crippen molar-refractivity contribution in [2.45, 2.75) is 20.3 Å². The van der Waals surface area contributed by atoms with E-state index in [2.05, 4.69) is 20.6 Å². The minimum Gasteiger partial charge on any atom is -0.342 e. The van der Waals surface area contributed by atoms with Crippen LogP contribution in [0.25, 0.3) is 11.0 Å². The van der Waals surface area contributed by atoms with E-state index in [9.17, 15) is 9.59 Å². The first kappa shape index (κ1) is 15.7. The van der Waals surface area contributed by atoms with Crippen LogP contribution in [0.2, 0.25) is 0 Å². The highest BCUT2D eigenvalue weighted by Crippen LogP contribution is 2.17. The molecule has 0 saturated carbocycles. The molecular formula is C18H18N4O2. The Labute approximate surface area is 139 Å². The van der Waals surface area contributed by atoms with E-state index >= 15 is 0 Å². The van der Waals surface area contributed by atoms with Gasteiger partial charge >= 0.3 is 0 Å². The fourth-order valence-corrected chi connectivity index (χ4v) is 2.56. The quantitative estimate of drug-likeness (QED) is 0.690. The summed E-state index contributed by atoms with van der Waals surface area (Å²) in [5.41, 5.74) is 4.01. The van der Waals surface area contributed by atoms with Gasteiger partial charge in [-0.25, -0.2) is 4.98 Å². The van der Waals surface area contributed by atoms with Crippen LogP contribution in [-0.2, 0) is 16.0 Å². The number of fused-ring (bicyclic) bond motifs is 1. The van der Waals surface area contributed by atoms with Gasteiger partial charge in [0.25, 0.3) is 0 Å². The number of hydrogen-bond acceptors (Lipinski definition) is 3. The average molecular weight is 322 g/mol. The van der Waals surface area contributed by atoms with Gasteiger partial charge in [-0.1, -0.05) is 12.1 Å². The molecule has 3 N–H and O–H groups in total. The molecule has 1 heterocycles. The van der Waals surface area contributed by atoms with E-state index in [-0.39, 0.29) is 18.2 Å². The lowest BCUT2D eigenvalue weighted by Gasteiger charge is -2.08. The smallest absolute Gasteiger partial charge is 0.228 e. The molecule has 0 radical (unpaired) electrons. The summed E-state index contributed by atoms with van der Waals surface area (Å²) in [6.07, 6.45) is 0.262. The third-order valence-electron chi connectivity index (χ3n) is 3.50. The van der Waals surface area contributed by atoms with Crippen LogP contribution in [0, 0.1) is 6.92 Å². The van der Waals surface area contributed by atoms with E-state index in [4.69, 9.17) is 0 Å². The summed E-state index contributed by atoms with van der Waals surface area (Å²) in [4.78, 5) is 30.8. The summed E-state index contributed by atoms with van der Waals surface area (Å²) in [5, 5.41) is 5.53. The largest absolute Gasteiger partial charge is 0.342 e. The van der Waals surface area contributed by atoms with E-state index < -0.39 is 0 Å². The third-order valence-corrected chi connectivity index (χ3v) is 3.50. The van der Waals surface area contributed by atoms with Crippen LogP contribution in [0.5, 0.6) is 0 Å². The van der Waals surface area contributed by atoms with Crippen LogP contribution in [0.15, 0.2) is 42.5 Å². The third kappa shape index (κ3) is 3.78. The maximum absolute atomic E-state index is 12.2. The number of carbonyl (C=O) groups is 2.